The Hall–Kier alpha value is -3.96. The number of hydrogen-bond donors (Lipinski definition) is 1. The van der Waals surface area contributed by atoms with E-state index in [0.717, 1.165) is 16.0 Å². The van der Waals surface area contributed by atoms with E-state index in [-0.39, 0.29) is 10.6 Å². The van der Waals surface area contributed by atoms with E-state index in [2.05, 4.69) is 44.2 Å². The van der Waals surface area contributed by atoms with Crippen LogP contribution < -0.4 is 10.4 Å². The number of fused-ring (bicyclic) bond motifs is 1. The van der Waals surface area contributed by atoms with Crippen LogP contribution in [0.4, 0.5) is 0 Å². The Morgan fingerprint density at radius 2 is 1.58 bits per heavy atom. The number of aromatic hydroxyl groups is 1. The van der Waals surface area contributed by atoms with Crippen LogP contribution in [0, 0.1) is 0 Å². The van der Waals surface area contributed by atoms with Crippen LogP contribution in [0.1, 0.15) is 30.9 Å². The number of hydrogen-bond acceptors (Lipinski definition) is 5. The van der Waals surface area contributed by atoms with E-state index in [1.807, 2.05) is 60.7 Å². The molecule has 0 amide bonds. The number of ether oxygens (including phenoxy) is 1. The largest absolute Gasteiger partial charge is 0.506 e. The van der Waals surface area contributed by atoms with Gasteiger partial charge in [0.25, 0.3) is 0 Å². The molecule has 0 saturated heterocycles. The maximum atomic E-state index is 12.8. The summed E-state index contributed by atoms with van der Waals surface area (Å²) in [6, 6.07) is 31.2. The van der Waals surface area contributed by atoms with Crippen LogP contribution in [0.25, 0.3) is 22.1 Å². The van der Waals surface area contributed by atoms with Crippen molar-refractivity contribution in [3.63, 3.8) is 0 Å². The third-order valence-electron chi connectivity index (χ3n) is 6.00. The van der Waals surface area contributed by atoms with Gasteiger partial charge in [0.1, 0.15) is 28.8 Å². The third kappa shape index (κ3) is 5.16. The summed E-state index contributed by atoms with van der Waals surface area (Å²) in [4.78, 5) is 13.9. The molecule has 5 heteroatoms. The highest BCUT2D eigenvalue weighted by molar-refractivity contribution is 7.99. The van der Waals surface area contributed by atoms with Gasteiger partial charge in [0.05, 0.1) is 0 Å². The molecule has 180 valence electrons. The number of benzene rings is 4. The first-order valence-corrected chi connectivity index (χ1v) is 12.6. The van der Waals surface area contributed by atoms with Crippen molar-refractivity contribution in [3.8, 4) is 22.8 Å². The van der Waals surface area contributed by atoms with Crippen LogP contribution in [0.5, 0.6) is 11.5 Å². The first-order chi connectivity index (χ1) is 17.5. The summed E-state index contributed by atoms with van der Waals surface area (Å²) in [6.45, 7) is 4.64. The molecule has 1 heterocycles. The molecule has 1 aromatic heterocycles. The zero-order valence-corrected chi connectivity index (χ0v) is 20.9. The first kappa shape index (κ1) is 23.8. The van der Waals surface area contributed by atoms with Crippen LogP contribution in [0.15, 0.2) is 116 Å². The highest BCUT2D eigenvalue weighted by atomic mass is 32.2. The zero-order valence-electron chi connectivity index (χ0n) is 20.1. The van der Waals surface area contributed by atoms with E-state index in [0.29, 0.717) is 29.6 Å². The standard InChI is InChI=1S/C31H26O4S/c1-20(2)26-9-5-6-10-29(26)36-30-27(32)18-28(35-31(30)33)23-13-15-25(16-14-23)34-19-21-11-12-22-7-3-4-8-24(22)17-21/h3-18,20,32H,19H2,1-2H3. The second-order valence-electron chi connectivity index (χ2n) is 8.90. The minimum atomic E-state index is -0.565. The number of rotatable bonds is 7. The average Bonchev–Trinajstić information content (AvgIpc) is 2.89. The Bertz CT molecular complexity index is 1570. The van der Waals surface area contributed by atoms with Crippen LogP contribution in [0.3, 0.4) is 0 Å². The van der Waals surface area contributed by atoms with E-state index in [9.17, 15) is 9.90 Å². The summed E-state index contributed by atoms with van der Waals surface area (Å²) in [5, 5.41) is 13.0. The molecule has 0 spiro atoms. The molecule has 4 nitrogen and oxygen atoms in total. The van der Waals surface area contributed by atoms with Gasteiger partial charge >= 0.3 is 5.63 Å². The fraction of sp³-hybridized carbons (Fsp3) is 0.129. The third-order valence-corrected chi connectivity index (χ3v) is 7.17. The van der Waals surface area contributed by atoms with Crippen molar-refractivity contribution < 1.29 is 14.3 Å². The maximum Gasteiger partial charge on any atom is 0.354 e. The summed E-state index contributed by atoms with van der Waals surface area (Å²) in [5.41, 5.74) is 2.32. The molecule has 36 heavy (non-hydrogen) atoms. The Morgan fingerprint density at radius 3 is 2.33 bits per heavy atom. The van der Waals surface area contributed by atoms with Gasteiger partial charge in [-0.05, 0) is 64.2 Å². The SMILES string of the molecule is CC(C)c1ccccc1Sc1c(O)cc(-c2ccc(OCc3ccc4ccccc4c3)cc2)oc1=O. The van der Waals surface area contributed by atoms with Crippen molar-refractivity contribution in [1.82, 2.24) is 0 Å². The van der Waals surface area contributed by atoms with Gasteiger partial charge in [-0.25, -0.2) is 4.79 Å². The average molecular weight is 495 g/mol. The Morgan fingerprint density at radius 1 is 0.861 bits per heavy atom. The molecular formula is C31H26O4S. The van der Waals surface area contributed by atoms with Crippen molar-refractivity contribution in [1.29, 1.82) is 0 Å². The summed E-state index contributed by atoms with van der Waals surface area (Å²) < 4.78 is 11.5. The minimum absolute atomic E-state index is 0.0959. The second kappa shape index (κ2) is 10.3. The first-order valence-electron chi connectivity index (χ1n) is 11.8. The molecular weight excluding hydrogens is 468 g/mol. The zero-order chi connectivity index (χ0) is 25.1. The fourth-order valence-electron chi connectivity index (χ4n) is 4.08. The molecule has 4 aromatic carbocycles. The van der Waals surface area contributed by atoms with Crippen molar-refractivity contribution in [2.24, 2.45) is 0 Å². The Kier molecular flexibility index (Phi) is 6.83. The normalized spacial score (nSPS) is 11.2. The molecule has 5 aromatic rings. The minimum Gasteiger partial charge on any atom is -0.506 e. The topological polar surface area (TPSA) is 59.7 Å². The van der Waals surface area contributed by atoms with Gasteiger partial charge in [0, 0.05) is 16.5 Å². The van der Waals surface area contributed by atoms with Crippen molar-refractivity contribution in [2.45, 2.75) is 36.2 Å². The van der Waals surface area contributed by atoms with Crippen LogP contribution in [0.2, 0.25) is 0 Å². The van der Waals surface area contributed by atoms with Gasteiger partial charge in [0.2, 0.25) is 0 Å². The molecule has 1 N–H and O–H groups in total. The van der Waals surface area contributed by atoms with E-state index in [1.165, 1.54) is 28.6 Å². The van der Waals surface area contributed by atoms with Gasteiger partial charge in [-0.3, -0.25) is 0 Å². The van der Waals surface area contributed by atoms with E-state index >= 15 is 0 Å². The predicted octanol–water partition coefficient (Wildman–Crippen LogP) is 8.02. The molecule has 0 radical (unpaired) electrons. The Balaban J connectivity index is 1.31. The molecule has 0 saturated carbocycles. The molecule has 0 fully saturated rings. The van der Waals surface area contributed by atoms with Gasteiger partial charge in [-0.1, -0.05) is 80.2 Å². The van der Waals surface area contributed by atoms with Gasteiger partial charge in [-0.2, -0.15) is 0 Å². The summed E-state index contributed by atoms with van der Waals surface area (Å²) >= 11 is 1.23. The van der Waals surface area contributed by atoms with Gasteiger partial charge in [0.15, 0.2) is 0 Å². The lowest BCUT2D eigenvalue weighted by Crippen LogP contribution is -2.03. The van der Waals surface area contributed by atoms with E-state index in [1.54, 1.807) is 0 Å². The maximum absolute atomic E-state index is 12.8. The predicted molar refractivity (Wildman–Crippen MR) is 145 cm³/mol. The molecule has 5 rings (SSSR count). The summed E-state index contributed by atoms with van der Waals surface area (Å²) in [5.74, 6) is 1.21. The highest BCUT2D eigenvalue weighted by Crippen LogP contribution is 2.37. The lowest BCUT2D eigenvalue weighted by molar-refractivity contribution is 0.306. The lowest BCUT2D eigenvalue weighted by atomic mass is 10.0. The smallest absolute Gasteiger partial charge is 0.354 e. The van der Waals surface area contributed by atoms with Crippen molar-refractivity contribution in [3.05, 3.63) is 119 Å². The van der Waals surface area contributed by atoms with E-state index < -0.39 is 5.63 Å². The molecule has 0 aliphatic heterocycles. The molecule has 0 bridgehead atoms. The molecule has 0 atom stereocenters. The molecule has 0 aliphatic rings. The van der Waals surface area contributed by atoms with Gasteiger partial charge < -0.3 is 14.3 Å². The molecule has 0 aliphatic carbocycles. The van der Waals surface area contributed by atoms with Gasteiger partial charge in [-0.15, -0.1) is 0 Å². The second-order valence-corrected chi connectivity index (χ2v) is 9.95. The summed E-state index contributed by atoms with van der Waals surface area (Å²) in [6.07, 6.45) is 0. The van der Waals surface area contributed by atoms with Crippen molar-refractivity contribution in [2.75, 3.05) is 0 Å². The summed E-state index contributed by atoms with van der Waals surface area (Å²) in [7, 11) is 0. The molecule has 0 unspecified atom stereocenters. The van der Waals surface area contributed by atoms with Crippen LogP contribution in [-0.4, -0.2) is 5.11 Å². The lowest BCUT2D eigenvalue weighted by Gasteiger charge is -2.12. The van der Waals surface area contributed by atoms with Crippen molar-refractivity contribution >= 4 is 22.5 Å². The Labute approximate surface area is 214 Å². The quantitative estimate of drug-likeness (QED) is 0.248. The highest BCUT2D eigenvalue weighted by Gasteiger charge is 2.16. The van der Waals surface area contributed by atoms with Crippen LogP contribution in [-0.2, 0) is 6.61 Å². The monoisotopic (exact) mass is 494 g/mol. The van der Waals surface area contributed by atoms with E-state index in [4.69, 9.17) is 9.15 Å². The fourth-order valence-corrected chi connectivity index (χ4v) is 5.15. The van der Waals surface area contributed by atoms with Crippen LogP contribution >= 0.6 is 11.8 Å².